The summed E-state index contributed by atoms with van der Waals surface area (Å²) in [5, 5.41) is 6.04. The zero-order chi connectivity index (χ0) is 33.5. The van der Waals surface area contributed by atoms with Gasteiger partial charge in [-0.15, -0.1) is 59.7 Å². The van der Waals surface area contributed by atoms with Gasteiger partial charge in [0.25, 0.3) is 0 Å². The van der Waals surface area contributed by atoms with Crippen molar-refractivity contribution in [3.8, 4) is 44.8 Å². The van der Waals surface area contributed by atoms with Gasteiger partial charge in [-0.1, -0.05) is 74.9 Å². The molecule has 4 heterocycles. The topological polar surface area (TPSA) is 51.0 Å². The molecule has 0 fully saturated rings. The third kappa shape index (κ3) is 6.15. The zero-order valence-corrected chi connectivity index (χ0v) is 30.7. The van der Waals surface area contributed by atoms with Gasteiger partial charge < -0.3 is 19.7 Å². The molecule has 2 bridgehead atoms. The van der Waals surface area contributed by atoms with Crippen molar-refractivity contribution in [2.24, 2.45) is 0 Å². The van der Waals surface area contributed by atoms with E-state index in [2.05, 4.69) is 110 Å². The van der Waals surface area contributed by atoms with Gasteiger partial charge in [-0.25, -0.2) is 0 Å². The van der Waals surface area contributed by atoms with Crippen molar-refractivity contribution in [3.05, 3.63) is 157 Å². The number of pyridine rings is 2. The Morgan fingerprint density at radius 1 is 0.640 bits per heavy atom. The summed E-state index contributed by atoms with van der Waals surface area (Å²) in [5.41, 5.74) is 15.1. The number of benzene rings is 5. The molecule has 50 heavy (non-hydrogen) atoms. The van der Waals surface area contributed by atoms with Crippen LogP contribution in [0.2, 0.25) is 0 Å². The molecule has 3 aromatic heterocycles. The predicted molar refractivity (Wildman–Crippen MR) is 202 cm³/mol. The number of rotatable bonds is 2. The van der Waals surface area contributed by atoms with Crippen LogP contribution in [0.25, 0.3) is 66.7 Å². The van der Waals surface area contributed by atoms with E-state index >= 15 is 0 Å². The molecule has 8 aromatic rings. The SMILES string of the molecule is Cc1c2cc3oc4ccccc4c3c1-c1cc(-c3ccccn3)[c-]cc1Nc1ccc(C(C)(C)C)cc1-2.[Ir].[c-]1ccccc1-c1ccccn1. The average Bonchev–Trinajstić information content (AvgIpc) is 3.51. The molecule has 0 aliphatic carbocycles. The molecule has 1 radical (unpaired) electrons. The van der Waals surface area contributed by atoms with Crippen LogP contribution in [-0.2, 0) is 25.5 Å². The summed E-state index contributed by atoms with van der Waals surface area (Å²) in [5.74, 6) is 0. The average molecular weight is 826 g/mol. The minimum atomic E-state index is 0. The van der Waals surface area contributed by atoms with Crippen LogP contribution in [0.1, 0.15) is 31.9 Å². The summed E-state index contributed by atoms with van der Waals surface area (Å²) in [6, 6.07) is 47.9. The van der Waals surface area contributed by atoms with Gasteiger partial charge in [0.05, 0.1) is 0 Å². The standard InChI is InChI=1S/C34H27N2O.C11H8N.Ir/c1-20-24-19-31-33(23-9-5-6-11-30(23)37-31)32(20)26-17-21(27-10-7-8-16-35-27)12-14-29(26)36-28-15-13-22(18-25(24)28)34(2,3)4;1-2-6-10(7-3-1)11-8-4-5-9-12-11;/h5-11,13-19,36H,1-4H3;1-6,8-9H;/q2*-1;. The Kier molecular flexibility index (Phi) is 8.96. The van der Waals surface area contributed by atoms with Crippen molar-refractivity contribution in [1.82, 2.24) is 9.97 Å². The number of fused-ring (bicyclic) bond motifs is 10. The van der Waals surface area contributed by atoms with Crippen LogP contribution in [0.5, 0.6) is 0 Å². The number of hydrogen-bond donors (Lipinski definition) is 1. The van der Waals surface area contributed by atoms with Gasteiger partial charge in [0.1, 0.15) is 11.2 Å². The fourth-order valence-electron chi connectivity index (χ4n) is 6.64. The van der Waals surface area contributed by atoms with Crippen LogP contribution in [0.15, 0.2) is 138 Å². The fraction of sp³-hybridized carbons (Fsp3) is 0.111. The van der Waals surface area contributed by atoms with Crippen LogP contribution in [0.3, 0.4) is 0 Å². The normalized spacial score (nSPS) is 11.6. The third-order valence-corrected chi connectivity index (χ3v) is 9.18. The minimum absolute atomic E-state index is 0. The maximum atomic E-state index is 6.46. The minimum Gasteiger partial charge on any atom is -0.456 e. The molecule has 0 amide bonds. The second kappa shape index (κ2) is 13.5. The van der Waals surface area contributed by atoms with Gasteiger partial charge in [0.2, 0.25) is 0 Å². The van der Waals surface area contributed by atoms with Crippen molar-refractivity contribution in [1.29, 1.82) is 0 Å². The van der Waals surface area contributed by atoms with Gasteiger partial charge in [-0.05, 0) is 88.1 Å². The van der Waals surface area contributed by atoms with E-state index in [9.17, 15) is 0 Å². The van der Waals surface area contributed by atoms with Crippen molar-refractivity contribution in [3.63, 3.8) is 0 Å². The Morgan fingerprint density at radius 3 is 2.06 bits per heavy atom. The number of anilines is 2. The van der Waals surface area contributed by atoms with Gasteiger partial charge >= 0.3 is 0 Å². The van der Waals surface area contributed by atoms with E-state index in [4.69, 9.17) is 4.42 Å². The smallest absolute Gasteiger partial charge is 0.136 e. The molecular weight excluding hydrogens is 791 g/mol. The molecule has 4 nitrogen and oxygen atoms in total. The number of hydrogen-bond acceptors (Lipinski definition) is 4. The second-order valence-electron chi connectivity index (χ2n) is 13.4. The first-order valence-electron chi connectivity index (χ1n) is 16.6. The second-order valence-corrected chi connectivity index (χ2v) is 13.4. The Hall–Kier alpha value is -5.35. The fourth-order valence-corrected chi connectivity index (χ4v) is 6.64. The van der Waals surface area contributed by atoms with Crippen LogP contribution < -0.4 is 5.32 Å². The first-order chi connectivity index (χ1) is 23.8. The molecule has 0 atom stereocenters. The van der Waals surface area contributed by atoms with E-state index in [0.29, 0.717) is 0 Å². The van der Waals surface area contributed by atoms with Crippen LogP contribution in [0, 0.1) is 19.1 Å². The maximum absolute atomic E-state index is 6.46. The predicted octanol–water partition coefficient (Wildman–Crippen LogP) is 12.0. The van der Waals surface area contributed by atoms with E-state index < -0.39 is 0 Å². The summed E-state index contributed by atoms with van der Waals surface area (Å²) in [4.78, 5) is 8.81. The van der Waals surface area contributed by atoms with E-state index in [1.165, 1.54) is 27.8 Å². The number of para-hydroxylation sites is 1. The molecule has 247 valence electrons. The van der Waals surface area contributed by atoms with Crippen molar-refractivity contribution < 1.29 is 24.5 Å². The van der Waals surface area contributed by atoms with Crippen molar-refractivity contribution in [2.75, 3.05) is 5.32 Å². The van der Waals surface area contributed by atoms with Crippen molar-refractivity contribution >= 4 is 33.3 Å². The monoisotopic (exact) mass is 826 g/mol. The molecule has 0 saturated carbocycles. The number of furan rings is 1. The van der Waals surface area contributed by atoms with E-state index in [0.717, 1.165) is 61.4 Å². The first kappa shape index (κ1) is 33.2. The van der Waals surface area contributed by atoms with Gasteiger partial charge in [-0.3, -0.25) is 0 Å². The van der Waals surface area contributed by atoms with E-state index in [-0.39, 0.29) is 25.5 Å². The Balaban J connectivity index is 0.000000255. The summed E-state index contributed by atoms with van der Waals surface area (Å²) >= 11 is 0. The molecule has 9 rings (SSSR count). The third-order valence-electron chi connectivity index (χ3n) is 9.18. The van der Waals surface area contributed by atoms with Gasteiger partial charge in [0.15, 0.2) is 0 Å². The molecule has 1 aliphatic rings. The van der Waals surface area contributed by atoms with Gasteiger partial charge in [-0.2, -0.15) is 0 Å². The molecule has 1 aliphatic heterocycles. The summed E-state index contributed by atoms with van der Waals surface area (Å²) in [6.07, 6.45) is 3.62. The summed E-state index contributed by atoms with van der Waals surface area (Å²) < 4.78 is 6.46. The first-order valence-corrected chi connectivity index (χ1v) is 16.6. The van der Waals surface area contributed by atoms with Crippen LogP contribution in [0.4, 0.5) is 11.4 Å². The van der Waals surface area contributed by atoms with Crippen molar-refractivity contribution in [2.45, 2.75) is 33.1 Å². The molecule has 1 N–H and O–H groups in total. The Bertz CT molecular complexity index is 2410. The quantitative estimate of drug-likeness (QED) is 0.176. The number of nitrogens with zero attached hydrogens (tertiary/aromatic N) is 2. The summed E-state index contributed by atoms with van der Waals surface area (Å²) in [7, 11) is 0. The largest absolute Gasteiger partial charge is 0.456 e. The van der Waals surface area contributed by atoms with Crippen LogP contribution in [-0.4, -0.2) is 9.97 Å². The van der Waals surface area contributed by atoms with E-state index in [1.54, 1.807) is 6.20 Å². The molecule has 5 aromatic carbocycles. The Morgan fingerprint density at radius 2 is 1.36 bits per heavy atom. The molecule has 0 saturated heterocycles. The number of nitrogens with one attached hydrogen (secondary N) is 1. The molecule has 0 spiro atoms. The summed E-state index contributed by atoms with van der Waals surface area (Å²) in [6.45, 7) is 9.02. The van der Waals surface area contributed by atoms with Crippen LogP contribution >= 0.6 is 0 Å². The molecular formula is C45H35IrN3O-2. The number of aromatic nitrogens is 2. The molecule has 0 unspecified atom stereocenters. The molecule has 5 heteroatoms. The van der Waals surface area contributed by atoms with E-state index in [1.807, 2.05) is 72.9 Å². The van der Waals surface area contributed by atoms with Gasteiger partial charge in [0, 0.05) is 54.5 Å². The Labute approximate surface area is 306 Å². The zero-order valence-electron chi connectivity index (χ0n) is 28.3. The maximum Gasteiger partial charge on any atom is 0.136 e.